The van der Waals surface area contributed by atoms with Gasteiger partial charge in [0.05, 0.1) is 19.2 Å². The molecule has 1 N–H and O–H groups in total. The molecule has 106 valence electrons. The summed E-state index contributed by atoms with van der Waals surface area (Å²) < 4.78 is 10.4. The van der Waals surface area contributed by atoms with Gasteiger partial charge < -0.3 is 14.6 Å². The molecule has 3 aromatic rings. The van der Waals surface area contributed by atoms with E-state index in [0.717, 1.165) is 5.39 Å². The number of carbonyl (C=O) groups excluding carboxylic acids is 1. The van der Waals surface area contributed by atoms with Crippen LogP contribution in [-0.4, -0.2) is 18.2 Å². The fourth-order valence-electron chi connectivity index (χ4n) is 2.16. The van der Waals surface area contributed by atoms with Gasteiger partial charge in [-0.25, -0.2) is 0 Å². The van der Waals surface area contributed by atoms with E-state index in [2.05, 4.69) is 10.5 Å². The van der Waals surface area contributed by atoms with Gasteiger partial charge in [-0.15, -0.1) is 0 Å². The molecule has 1 aromatic heterocycles. The van der Waals surface area contributed by atoms with E-state index >= 15 is 0 Å². The molecule has 0 spiro atoms. The van der Waals surface area contributed by atoms with Crippen LogP contribution in [0.5, 0.6) is 5.75 Å². The maximum atomic E-state index is 12.1. The number of amides is 1. The zero-order valence-electron chi connectivity index (χ0n) is 11.5. The molecular formula is C16H14N2O3. The van der Waals surface area contributed by atoms with Gasteiger partial charge in [-0.05, 0) is 24.3 Å². The number of hydrogen-bond acceptors (Lipinski definition) is 4. The summed E-state index contributed by atoms with van der Waals surface area (Å²) in [6, 6.07) is 14.7. The molecule has 0 unspecified atom stereocenters. The topological polar surface area (TPSA) is 64.4 Å². The molecule has 0 radical (unpaired) electrons. The number of nitrogens with one attached hydrogen (secondary N) is 1. The molecule has 1 amide bonds. The van der Waals surface area contributed by atoms with Crippen molar-refractivity contribution in [3.63, 3.8) is 0 Å². The van der Waals surface area contributed by atoms with Crippen molar-refractivity contribution in [3.8, 4) is 5.75 Å². The van der Waals surface area contributed by atoms with E-state index in [0.29, 0.717) is 22.7 Å². The first-order chi connectivity index (χ1) is 10.3. The molecule has 0 aliphatic heterocycles. The van der Waals surface area contributed by atoms with Gasteiger partial charge in [0, 0.05) is 5.39 Å². The molecular weight excluding hydrogens is 268 g/mol. The van der Waals surface area contributed by atoms with Gasteiger partial charge in [-0.3, -0.25) is 4.79 Å². The standard InChI is InChI=1S/C16H14N2O3/c1-20-15-9-5-3-7-12(15)17-16(19)10-13-11-6-2-4-8-14(11)21-18-13/h2-9H,10H2,1H3,(H,17,19). The van der Waals surface area contributed by atoms with Gasteiger partial charge in [0.25, 0.3) is 0 Å². The summed E-state index contributed by atoms with van der Waals surface area (Å²) in [4.78, 5) is 12.1. The van der Waals surface area contributed by atoms with Gasteiger partial charge in [0.2, 0.25) is 5.91 Å². The van der Waals surface area contributed by atoms with E-state index in [-0.39, 0.29) is 12.3 Å². The fraction of sp³-hybridized carbons (Fsp3) is 0.125. The Labute approximate surface area is 121 Å². The first-order valence-corrected chi connectivity index (χ1v) is 6.54. The number of fused-ring (bicyclic) bond motifs is 1. The highest BCUT2D eigenvalue weighted by Crippen LogP contribution is 2.24. The van der Waals surface area contributed by atoms with Crippen molar-refractivity contribution in [2.45, 2.75) is 6.42 Å². The van der Waals surface area contributed by atoms with Crippen LogP contribution in [0.25, 0.3) is 11.0 Å². The minimum absolute atomic E-state index is 0.148. The Balaban J connectivity index is 1.77. The molecule has 5 nitrogen and oxygen atoms in total. The highest BCUT2D eigenvalue weighted by molar-refractivity contribution is 5.95. The Morgan fingerprint density at radius 1 is 1.19 bits per heavy atom. The van der Waals surface area contributed by atoms with E-state index in [4.69, 9.17) is 9.26 Å². The van der Waals surface area contributed by atoms with Crippen molar-refractivity contribution >= 4 is 22.6 Å². The van der Waals surface area contributed by atoms with Crippen LogP contribution >= 0.6 is 0 Å². The number of para-hydroxylation sites is 3. The van der Waals surface area contributed by atoms with Gasteiger partial charge >= 0.3 is 0 Å². The lowest BCUT2D eigenvalue weighted by Gasteiger charge is -2.08. The van der Waals surface area contributed by atoms with E-state index in [1.807, 2.05) is 36.4 Å². The Bertz CT molecular complexity index is 780. The highest BCUT2D eigenvalue weighted by Gasteiger charge is 2.13. The predicted molar refractivity (Wildman–Crippen MR) is 79.3 cm³/mol. The number of rotatable bonds is 4. The quantitative estimate of drug-likeness (QED) is 0.799. The minimum atomic E-state index is -0.168. The SMILES string of the molecule is COc1ccccc1NC(=O)Cc1noc2ccccc12. The van der Waals surface area contributed by atoms with Crippen molar-refractivity contribution in [3.05, 3.63) is 54.2 Å². The van der Waals surface area contributed by atoms with E-state index in [1.165, 1.54) is 0 Å². The molecule has 2 aromatic carbocycles. The Morgan fingerprint density at radius 3 is 2.81 bits per heavy atom. The molecule has 0 saturated heterocycles. The average Bonchev–Trinajstić information content (AvgIpc) is 2.91. The van der Waals surface area contributed by atoms with Crippen molar-refractivity contribution in [1.29, 1.82) is 0 Å². The molecule has 0 bridgehead atoms. The first kappa shape index (κ1) is 13.2. The van der Waals surface area contributed by atoms with Crippen LogP contribution in [0.2, 0.25) is 0 Å². The number of benzene rings is 2. The molecule has 21 heavy (non-hydrogen) atoms. The van der Waals surface area contributed by atoms with Gasteiger partial charge in [-0.2, -0.15) is 0 Å². The van der Waals surface area contributed by atoms with Gasteiger partial charge in [0.1, 0.15) is 11.4 Å². The normalized spacial score (nSPS) is 10.5. The summed E-state index contributed by atoms with van der Waals surface area (Å²) in [7, 11) is 1.57. The van der Waals surface area contributed by atoms with Crippen molar-refractivity contribution in [2.24, 2.45) is 0 Å². The second-order valence-electron chi connectivity index (χ2n) is 4.55. The zero-order chi connectivity index (χ0) is 14.7. The summed E-state index contributed by atoms with van der Waals surface area (Å²) in [5, 5.41) is 7.63. The van der Waals surface area contributed by atoms with Crippen molar-refractivity contribution < 1.29 is 14.1 Å². The molecule has 0 atom stereocenters. The summed E-state index contributed by atoms with van der Waals surface area (Å²) in [6.07, 6.45) is 0.148. The summed E-state index contributed by atoms with van der Waals surface area (Å²) in [5.41, 5.74) is 1.94. The van der Waals surface area contributed by atoms with Crippen molar-refractivity contribution in [2.75, 3.05) is 12.4 Å². The van der Waals surface area contributed by atoms with Gasteiger partial charge in [-0.1, -0.05) is 29.4 Å². The largest absolute Gasteiger partial charge is 0.495 e. The van der Waals surface area contributed by atoms with Crippen LogP contribution in [0.15, 0.2) is 53.1 Å². The molecule has 0 aliphatic rings. The number of aromatic nitrogens is 1. The Morgan fingerprint density at radius 2 is 1.95 bits per heavy atom. The summed E-state index contributed by atoms with van der Waals surface area (Å²) in [6.45, 7) is 0. The zero-order valence-corrected chi connectivity index (χ0v) is 11.5. The monoisotopic (exact) mass is 282 g/mol. The fourth-order valence-corrected chi connectivity index (χ4v) is 2.16. The summed E-state index contributed by atoms with van der Waals surface area (Å²) >= 11 is 0. The lowest BCUT2D eigenvalue weighted by Crippen LogP contribution is -2.15. The smallest absolute Gasteiger partial charge is 0.230 e. The molecule has 0 aliphatic carbocycles. The van der Waals surface area contributed by atoms with Crippen LogP contribution in [0.1, 0.15) is 5.69 Å². The maximum Gasteiger partial charge on any atom is 0.230 e. The molecule has 0 saturated carbocycles. The molecule has 5 heteroatoms. The van der Waals surface area contributed by atoms with E-state index in [9.17, 15) is 4.79 Å². The van der Waals surface area contributed by atoms with Crippen LogP contribution < -0.4 is 10.1 Å². The third-order valence-electron chi connectivity index (χ3n) is 3.16. The van der Waals surface area contributed by atoms with E-state index in [1.54, 1.807) is 19.2 Å². The number of ether oxygens (including phenoxy) is 1. The van der Waals surface area contributed by atoms with Crippen molar-refractivity contribution in [1.82, 2.24) is 5.16 Å². The minimum Gasteiger partial charge on any atom is -0.495 e. The van der Waals surface area contributed by atoms with Crippen LogP contribution in [0.4, 0.5) is 5.69 Å². The Hall–Kier alpha value is -2.82. The lowest BCUT2D eigenvalue weighted by molar-refractivity contribution is -0.115. The number of anilines is 1. The highest BCUT2D eigenvalue weighted by atomic mass is 16.5. The Kier molecular flexibility index (Phi) is 3.55. The third-order valence-corrected chi connectivity index (χ3v) is 3.16. The third kappa shape index (κ3) is 2.72. The number of carbonyl (C=O) groups is 1. The summed E-state index contributed by atoms with van der Waals surface area (Å²) in [5.74, 6) is 0.453. The second kappa shape index (κ2) is 5.66. The number of methoxy groups -OCH3 is 1. The average molecular weight is 282 g/mol. The maximum absolute atomic E-state index is 12.1. The van der Waals surface area contributed by atoms with Crippen LogP contribution in [0, 0.1) is 0 Å². The lowest BCUT2D eigenvalue weighted by atomic mass is 10.1. The molecule has 3 rings (SSSR count). The van der Waals surface area contributed by atoms with Crippen LogP contribution in [0.3, 0.4) is 0 Å². The molecule has 0 fully saturated rings. The predicted octanol–water partition coefficient (Wildman–Crippen LogP) is 3.02. The first-order valence-electron chi connectivity index (χ1n) is 6.54. The van der Waals surface area contributed by atoms with E-state index < -0.39 is 0 Å². The molecule has 1 heterocycles. The number of nitrogens with zero attached hydrogens (tertiary/aromatic N) is 1. The van der Waals surface area contributed by atoms with Gasteiger partial charge in [0.15, 0.2) is 5.58 Å². The number of hydrogen-bond donors (Lipinski definition) is 1. The second-order valence-corrected chi connectivity index (χ2v) is 4.55. The van der Waals surface area contributed by atoms with Crippen LogP contribution in [-0.2, 0) is 11.2 Å².